The van der Waals surface area contributed by atoms with E-state index in [9.17, 15) is 9.90 Å². The van der Waals surface area contributed by atoms with Crippen LogP contribution in [0.15, 0.2) is 42.5 Å². The first-order chi connectivity index (χ1) is 9.97. The highest BCUT2D eigenvalue weighted by molar-refractivity contribution is 6.35. The normalized spacial score (nSPS) is 11.8. The topological polar surface area (TPSA) is 61.4 Å². The SMILES string of the molecule is CC(O)c1ccccc1NC(=O)Nc1cc(Cl)ccc1Cl. The van der Waals surface area contributed by atoms with Gasteiger partial charge in [0.1, 0.15) is 0 Å². The fourth-order valence-electron chi connectivity index (χ4n) is 1.84. The van der Waals surface area contributed by atoms with E-state index in [1.165, 1.54) is 0 Å². The van der Waals surface area contributed by atoms with E-state index in [4.69, 9.17) is 23.2 Å². The molecule has 0 saturated carbocycles. The second-order valence-corrected chi connectivity index (χ2v) is 5.31. The van der Waals surface area contributed by atoms with E-state index in [-0.39, 0.29) is 0 Å². The molecule has 1 atom stereocenters. The Balaban J connectivity index is 2.14. The molecule has 0 radical (unpaired) electrons. The van der Waals surface area contributed by atoms with Gasteiger partial charge in [-0.1, -0.05) is 41.4 Å². The molecule has 0 aliphatic rings. The summed E-state index contributed by atoms with van der Waals surface area (Å²) < 4.78 is 0. The molecule has 2 rings (SSSR count). The van der Waals surface area contributed by atoms with Crippen LogP contribution in [-0.2, 0) is 0 Å². The highest BCUT2D eigenvalue weighted by Crippen LogP contribution is 2.26. The van der Waals surface area contributed by atoms with E-state index in [0.29, 0.717) is 27.0 Å². The Bertz CT molecular complexity index is 660. The third kappa shape index (κ3) is 4.11. The number of carbonyl (C=O) groups is 1. The van der Waals surface area contributed by atoms with Crippen molar-refractivity contribution in [2.75, 3.05) is 10.6 Å². The molecule has 0 bridgehead atoms. The van der Waals surface area contributed by atoms with Crippen LogP contribution in [0.5, 0.6) is 0 Å². The summed E-state index contributed by atoms with van der Waals surface area (Å²) in [5, 5.41) is 15.8. The highest BCUT2D eigenvalue weighted by atomic mass is 35.5. The number of halogens is 2. The highest BCUT2D eigenvalue weighted by Gasteiger charge is 2.11. The van der Waals surface area contributed by atoms with Crippen LogP contribution in [0.2, 0.25) is 10.0 Å². The van der Waals surface area contributed by atoms with Gasteiger partial charge in [0, 0.05) is 16.3 Å². The molecule has 2 amide bonds. The Morgan fingerprint density at radius 1 is 1.10 bits per heavy atom. The van der Waals surface area contributed by atoms with Gasteiger partial charge < -0.3 is 15.7 Å². The minimum Gasteiger partial charge on any atom is -0.389 e. The molecule has 0 aliphatic heterocycles. The summed E-state index contributed by atoms with van der Waals surface area (Å²) in [4.78, 5) is 12.0. The summed E-state index contributed by atoms with van der Waals surface area (Å²) in [5.74, 6) is 0. The Kier molecular flexibility index (Phi) is 5.07. The van der Waals surface area contributed by atoms with Crippen LogP contribution >= 0.6 is 23.2 Å². The molecule has 0 fully saturated rings. The molecule has 0 saturated heterocycles. The summed E-state index contributed by atoms with van der Waals surface area (Å²) in [7, 11) is 0. The number of anilines is 2. The minimum absolute atomic E-state index is 0.387. The molecule has 3 N–H and O–H groups in total. The third-order valence-corrected chi connectivity index (χ3v) is 3.40. The quantitative estimate of drug-likeness (QED) is 0.766. The first-order valence-electron chi connectivity index (χ1n) is 6.27. The smallest absolute Gasteiger partial charge is 0.323 e. The first-order valence-corrected chi connectivity index (χ1v) is 7.03. The largest absolute Gasteiger partial charge is 0.389 e. The van der Waals surface area contributed by atoms with Gasteiger partial charge in [-0.3, -0.25) is 0 Å². The minimum atomic E-state index is -0.684. The van der Waals surface area contributed by atoms with E-state index >= 15 is 0 Å². The Labute approximate surface area is 132 Å². The van der Waals surface area contributed by atoms with Crippen molar-refractivity contribution in [1.29, 1.82) is 0 Å². The van der Waals surface area contributed by atoms with Crippen molar-refractivity contribution in [2.45, 2.75) is 13.0 Å². The van der Waals surface area contributed by atoms with Crippen LogP contribution < -0.4 is 10.6 Å². The second kappa shape index (κ2) is 6.80. The Morgan fingerprint density at radius 3 is 2.48 bits per heavy atom. The predicted molar refractivity (Wildman–Crippen MR) is 86.2 cm³/mol. The average molecular weight is 325 g/mol. The van der Waals surface area contributed by atoms with Crippen LogP contribution in [0.1, 0.15) is 18.6 Å². The summed E-state index contributed by atoms with van der Waals surface area (Å²) in [6.07, 6.45) is -0.684. The zero-order valence-electron chi connectivity index (χ0n) is 11.2. The van der Waals surface area contributed by atoms with Crippen molar-refractivity contribution in [3.63, 3.8) is 0 Å². The van der Waals surface area contributed by atoms with E-state index < -0.39 is 12.1 Å². The standard InChI is InChI=1S/C15H14Cl2N2O2/c1-9(20)11-4-2-3-5-13(11)18-15(21)19-14-8-10(16)6-7-12(14)17/h2-9,20H,1H3,(H2,18,19,21). The maximum absolute atomic E-state index is 12.0. The summed E-state index contributed by atoms with van der Waals surface area (Å²) in [6, 6.07) is 11.3. The molecule has 0 heterocycles. The zero-order chi connectivity index (χ0) is 15.4. The van der Waals surface area contributed by atoms with Gasteiger partial charge in [-0.15, -0.1) is 0 Å². The number of aliphatic hydroxyl groups is 1. The predicted octanol–water partition coefficient (Wildman–Crippen LogP) is 4.69. The molecule has 2 aromatic rings. The van der Waals surface area contributed by atoms with Gasteiger partial charge in [-0.05, 0) is 31.2 Å². The summed E-state index contributed by atoms with van der Waals surface area (Å²) in [5.41, 5.74) is 1.57. The van der Waals surface area contributed by atoms with Crippen molar-refractivity contribution in [2.24, 2.45) is 0 Å². The number of benzene rings is 2. The number of para-hydroxylation sites is 1. The molecule has 2 aromatic carbocycles. The fourth-order valence-corrected chi connectivity index (χ4v) is 2.18. The van der Waals surface area contributed by atoms with Crippen LogP contribution in [-0.4, -0.2) is 11.1 Å². The zero-order valence-corrected chi connectivity index (χ0v) is 12.7. The van der Waals surface area contributed by atoms with E-state index in [0.717, 1.165) is 0 Å². The van der Waals surface area contributed by atoms with Gasteiger partial charge in [-0.25, -0.2) is 4.79 Å². The number of aliphatic hydroxyl groups excluding tert-OH is 1. The van der Waals surface area contributed by atoms with Gasteiger partial charge in [-0.2, -0.15) is 0 Å². The average Bonchev–Trinajstić information content (AvgIpc) is 2.43. The van der Waals surface area contributed by atoms with Crippen molar-refractivity contribution < 1.29 is 9.90 Å². The maximum atomic E-state index is 12.0. The molecule has 1 unspecified atom stereocenters. The van der Waals surface area contributed by atoms with Crippen molar-refractivity contribution >= 4 is 40.6 Å². The molecular formula is C15H14Cl2N2O2. The summed E-state index contributed by atoms with van der Waals surface area (Å²) >= 11 is 11.8. The molecule has 0 aromatic heterocycles. The van der Waals surface area contributed by atoms with Gasteiger partial charge in [0.15, 0.2) is 0 Å². The van der Waals surface area contributed by atoms with E-state index in [1.807, 2.05) is 0 Å². The molecule has 0 aliphatic carbocycles. The van der Waals surface area contributed by atoms with Gasteiger partial charge in [0.2, 0.25) is 0 Å². The number of amides is 2. The molecule has 21 heavy (non-hydrogen) atoms. The van der Waals surface area contributed by atoms with E-state index in [2.05, 4.69) is 10.6 Å². The summed E-state index contributed by atoms with van der Waals surface area (Å²) in [6.45, 7) is 1.63. The number of hydrogen-bond donors (Lipinski definition) is 3. The third-order valence-electron chi connectivity index (χ3n) is 2.84. The first kappa shape index (κ1) is 15.6. The number of hydrogen-bond acceptors (Lipinski definition) is 2. The Hall–Kier alpha value is -1.75. The maximum Gasteiger partial charge on any atom is 0.323 e. The number of urea groups is 1. The second-order valence-electron chi connectivity index (χ2n) is 4.47. The lowest BCUT2D eigenvalue weighted by Crippen LogP contribution is -2.20. The molecule has 6 heteroatoms. The van der Waals surface area contributed by atoms with Gasteiger partial charge in [0.05, 0.1) is 16.8 Å². The van der Waals surface area contributed by atoms with Crippen LogP contribution in [0.3, 0.4) is 0 Å². The number of nitrogens with one attached hydrogen (secondary N) is 2. The number of carbonyl (C=O) groups excluding carboxylic acids is 1. The van der Waals surface area contributed by atoms with Gasteiger partial charge in [0.25, 0.3) is 0 Å². The lowest BCUT2D eigenvalue weighted by Gasteiger charge is -2.14. The van der Waals surface area contributed by atoms with Crippen LogP contribution in [0.4, 0.5) is 16.2 Å². The monoisotopic (exact) mass is 324 g/mol. The molecule has 110 valence electrons. The van der Waals surface area contributed by atoms with Gasteiger partial charge >= 0.3 is 6.03 Å². The molecule has 0 spiro atoms. The van der Waals surface area contributed by atoms with Crippen molar-refractivity contribution in [1.82, 2.24) is 0 Å². The molecular weight excluding hydrogens is 311 g/mol. The van der Waals surface area contributed by atoms with Crippen LogP contribution in [0, 0.1) is 0 Å². The fraction of sp³-hybridized carbons (Fsp3) is 0.133. The number of rotatable bonds is 3. The lowest BCUT2D eigenvalue weighted by molar-refractivity contribution is 0.200. The Morgan fingerprint density at radius 2 is 1.76 bits per heavy atom. The van der Waals surface area contributed by atoms with Crippen molar-refractivity contribution in [3.8, 4) is 0 Å². The van der Waals surface area contributed by atoms with E-state index in [1.54, 1.807) is 49.4 Å². The van der Waals surface area contributed by atoms with Crippen molar-refractivity contribution in [3.05, 3.63) is 58.1 Å². The lowest BCUT2D eigenvalue weighted by atomic mass is 10.1. The van der Waals surface area contributed by atoms with Crippen LogP contribution in [0.25, 0.3) is 0 Å². The molecule has 4 nitrogen and oxygen atoms in total.